The lowest BCUT2D eigenvalue weighted by Crippen LogP contribution is -2.26. The standard InChI is InChI=1S/C11H21Cl/c1-6-7-10(4)8-11(5,12)9(2)3/h6-7,9-10H,8H2,1-5H3/b7-6+/t10-,11+/m1/s1. The van der Waals surface area contributed by atoms with E-state index in [0.717, 1.165) is 6.42 Å². The second-order valence-corrected chi connectivity index (χ2v) is 5.00. The molecule has 0 amide bonds. The summed E-state index contributed by atoms with van der Waals surface area (Å²) in [7, 11) is 0. The monoisotopic (exact) mass is 188 g/mol. The highest BCUT2D eigenvalue weighted by atomic mass is 35.5. The molecule has 72 valence electrons. The molecule has 0 nitrogen and oxygen atoms in total. The van der Waals surface area contributed by atoms with E-state index >= 15 is 0 Å². The molecule has 0 bridgehead atoms. The van der Waals surface area contributed by atoms with Crippen molar-refractivity contribution in [3.8, 4) is 0 Å². The Hall–Kier alpha value is 0.0300. The zero-order chi connectivity index (χ0) is 9.78. The molecule has 12 heavy (non-hydrogen) atoms. The molecule has 0 aromatic rings. The van der Waals surface area contributed by atoms with Gasteiger partial charge >= 0.3 is 0 Å². The molecule has 0 aromatic carbocycles. The predicted octanol–water partition coefficient (Wildman–Crippen LogP) is 4.24. The van der Waals surface area contributed by atoms with E-state index < -0.39 is 0 Å². The smallest absolute Gasteiger partial charge is 0.0447 e. The second kappa shape index (κ2) is 4.91. The lowest BCUT2D eigenvalue weighted by Gasteiger charge is -2.28. The summed E-state index contributed by atoms with van der Waals surface area (Å²) in [6.45, 7) is 10.7. The summed E-state index contributed by atoms with van der Waals surface area (Å²) in [5, 5.41) is 0. The molecular formula is C11H21Cl. The Morgan fingerprint density at radius 3 is 2.17 bits per heavy atom. The summed E-state index contributed by atoms with van der Waals surface area (Å²) in [5.74, 6) is 1.12. The second-order valence-electron chi connectivity index (χ2n) is 4.14. The van der Waals surface area contributed by atoms with Gasteiger partial charge in [0.1, 0.15) is 0 Å². The predicted molar refractivity (Wildman–Crippen MR) is 57.7 cm³/mol. The van der Waals surface area contributed by atoms with E-state index in [1.54, 1.807) is 0 Å². The average molecular weight is 189 g/mol. The fraction of sp³-hybridized carbons (Fsp3) is 0.818. The summed E-state index contributed by atoms with van der Waals surface area (Å²) in [6.07, 6.45) is 5.36. The third-order valence-electron chi connectivity index (χ3n) is 2.45. The maximum absolute atomic E-state index is 6.37. The number of alkyl halides is 1. The molecule has 0 spiro atoms. The number of halogens is 1. The van der Waals surface area contributed by atoms with Gasteiger partial charge in [-0.15, -0.1) is 11.6 Å². The molecule has 0 aliphatic rings. The van der Waals surface area contributed by atoms with Crippen molar-refractivity contribution in [1.82, 2.24) is 0 Å². The molecule has 0 unspecified atom stereocenters. The SMILES string of the molecule is C/C=C/[C@@H](C)C[C@](C)(Cl)C(C)C. The van der Waals surface area contributed by atoms with E-state index in [2.05, 4.69) is 46.8 Å². The summed E-state index contributed by atoms with van der Waals surface area (Å²) in [4.78, 5) is -0.0566. The number of hydrogen-bond donors (Lipinski definition) is 0. The van der Waals surface area contributed by atoms with Crippen LogP contribution in [0, 0.1) is 11.8 Å². The van der Waals surface area contributed by atoms with Crippen molar-refractivity contribution in [3.05, 3.63) is 12.2 Å². The van der Waals surface area contributed by atoms with E-state index in [4.69, 9.17) is 11.6 Å². The van der Waals surface area contributed by atoms with Gasteiger partial charge in [0.2, 0.25) is 0 Å². The molecule has 0 radical (unpaired) electrons. The minimum atomic E-state index is -0.0566. The Labute approximate surface area is 82.0 Å². The van der Waals surface area contributed by atoms with E-state index in [1.165, 1.54) is 0 Å². The van der Waals surface area contributed by atoms with Crippen LogP contribution in [0.25, 0.3) is 0 Å². The fourth-order valence-electron chi connectivity index (χ4n) is 1.26. The minimum absolute atomic E-state index is 0.0566. The molecule has 0 saturated heterocycles. The summed E-state index contributed by atoms with van der Waals surface area (Å²) in [5.41, 5.74) is 0. The zero-order valence-electron chi connectivity index (χ0n) is 8.89. The Kier molecular flexibility index (Phi) is 4.92. The lowest BCUT2D eigenvalue weighted by molar-refractivity contribution is 0.392. The highest BCUT2D eigenvalue weighted by Crippen LogP contribution is 2.32. The molecular weight excluding hydrogens is 168 g/mol. The highest BCUT2D eigenvalue weighted by molar-refractivity contribution is 6.23. The molecule has 0 fully saturated rings. The van der Waals surface area contributed by atoms with Crippen LogP contribution in [0.4, 0.5) is 0 Å². The van der Waals surface area contributed by atoms with Gasteiger partial charge in [0, 0.05) is 4.87 Å². The largest absolute Gasteiger partial charge is 0.119 e. The quantitative estimate of drug-likeness (QED) is 0.457. The molecule has 1 heteroatoms. The van der Waals surface area contributed by atoms with Crippen LogP contribution in [0.5, 0.6) is 0 Å². The van der Waals surface area contributed by atoms with Gasteiger partial charge in [0.15, 0.2) is 0 Å². The normalized spacial score (nSPS) is 19.9. The molecule has 2 atom stereocenters. The van der Waals surface area contributed by atoms with Crippen LogP contribution in [-0.4, -0.2) is 4.87 Å². The van der Waals surface area contributed by atoms with Crippen LogP contribution in [0.1, 0.15) is 41.0 Å². The van der Waals surface area contributed by atoms with Crippen molar-refractivity contribution in [2.75, 3.05) is 0 Å². The van der Waals surface area contributed by atoms with Crippen molar-refractivity contribution in [2.45, 2.75) is 45.9 Å². The molecule has 0 rings (SSSR count). The first-order valence-electron chi connectivity index (χ1n) is 4.72. The number of hydrogen-bond acceptors (Lipinski definition) is 0. The first-order valence-corrected chi connectivity index (χ1v) is 5.09. The van der Waals surface area contributed by atoms with Crippen molar-refractivity contribution < 1.29 is 0 Å². The number of rotatable bonds is 4. The average Bonchev–Trinajstić information content (AvgIpc) is 1.85. The van der Waals surface area contributed by atoms with Gasteiger partial charge in [0.05, 0.1) is 0 Å². The molecule has 0 saturated carbocycles. The number of allylic oxidation sites excluding steroid dienone is 2. The van der Waals surface area contributed by atoms with Crippen LogP contribution in [0.15, 0.2) is 12.2 Å². The molecule has 0 N–H and O–H groups in total. The van der Waals surface area contributed by atoms with Crippen LogP contribution >= 0.6 is 11.6 Å². The first-order chi connectivity index (χ1) is 5.40. The van der Waals surface area contributed by atoms with Gasteiger partial charge in [-0.05, 0) is 32.1 Å². The molecule has 0 heterocycles. The van der Waals surface area contributed by atoms with Crippen LogP contribution < -0.4 is 0 Å². The van der Waals surface area contributed by atoms with E-state index in [9.17, 15) is 0 Å². The summed E-state index contributed by atoms with van der Waals surface area (Å²) in [6, 6.07) is 0. The lowest BCUT2D eigenvalue weighted by atomic mass is 9.87. The van der Waals surface area contributed by atoms with Crippen LogP contribution in [0.2, 0.25) is 0 Å². The Morgan fingerprint density at radius 1 is 1.33 bits per heavy atom. The first kappa shape index (κ1) is 12.0. The Morgan fingerprint density at radius 2 is 1.83 bits per heavy atom. The highest BCUT2D eigenvalue weighted by Gasteiger charge is 2.26. The van der Waals surface area contributed by atoms with Crippen LogP contribution in [-0.2, 0) is 0 Å². The van der Waals surface area contributed by atoms with Gasteiger partial charge in [-0.25, -0.2) is 0 Å². The topological polar surface area (TPSA) is 0 Å². The minimum Gasteiger partial charge on any atom is -0.119 e. The maximum atomic E-state index is 6.37. The third-order valence-corrected chi connectivity index (χ3v) is 3.04. The van der Waals surface area contributed by atoms with Crippen LogP contribution in [0.3, 0.4) is 0 Å². The van der Waals surface area contributed by atoms with E-state index in [1.807, 2.05) is 0 Å². The summed E-state index contributed by atoms with van der Waals surface area (Å²) >= 11 is 6.37. The molecule has 0 aromatic heterocycles. The van der Waals surface area contributed by atoms with E-state index in [-0.39, 0.29) is 4.87 Å². The van der Waals surface area contributed by atoms with Crippen molar-refractivity contribution in [2.24, 2.45) is 11.8 Å². The van der Waals surface area contributed by atoms with Gasteiger partial charge in [-0.2, -0.15) is 0 Å². The van der Waals surface area contributed by atoms with Gasteiger partial charge < -0.3 is 0 Å². The Balaban J connectivity index is 4.05. The Bertz CT molecular complexity index is 145. The van der Waals surface area contributed by atoms with Crippen molar-refractivity contribution in [1.29, 1.82) is 0 Å². The fourth-order valence-corrected chi connectivity index (χ4v) is 1.51. The molecule has 0 aliphatic heterocycles. The summed E-state index contributed by atoms with van der Waals surface area (Å²) < 4.78 is 0. The third kappa shape index (κ3) is 4.15. The maximum Gasteiger partial charge on any atom is 0.0447 e. The van der Waals surface area contributed by atoms with Crippen molar-refractivity contribution >= 4 is 11.6 Å². The van der Waals surface area contributed by atoms with Crippen molar-refractivity contribution in [3.63, 3.8) is 0 Å². The van der Waals surface area contributed by atoms with Gasteiger partial charge in [0.25, 0.3) is 0 Å². The van der Waals surface area contributed by atoms with Gasteiger partial charge in [-0.3, -0.25) is 0 Å². The van der Waals surface area contributed by atoms with E-state index in [0.29, 0.717) is 11.8 Å². The van der Waals surface area contributed by atoms with Gasteiger partial charge in [-0.1, -0.05) is 32.9 Å². The molecule has 0 aliphatic carbocycles. The zero-order valence-corrected chi connectivity index (χ0v) is 9.65.